The summed E-state index contributed by atoms with van der Waals surface area (Å²) in [4.78, 5) is 16.5. The summed E-state index contributed by atoms with van der Waals surface area (Å²) in [5.41, 5.74) is 1.52. The molecule has 0 saturated carbocycles. The smallest absolute Gasteiger partial charge is 0.250 e. The predicted octanol–water partition coefficient (Wildman–Crippen LogP) is 5.88. The number of anilines is 1. The van der Waals surface area contributed by atoms with Crippen LogP contribution in [-0.2, 0) is 4.79 Å². The molecule has 4 nitrogen and oxygen atoms in total. The Hall–Kier alpha value is -3.51. The maximum atomic E-state index is 12.9. The summed E-state index contributed by atoms with van der Waals surface area (Å²) in [6.07, 6.45) is 3.01. The van der Waals surface area contributed by atoms with Crippen LogP contribution in [0.3, 0.4) is 0 Å². The van der Waals surface area contributed by atoms with E-state index in [4.69, 9.17) is 4.74 Å². The first-order valence-electron chi connectivity index (χ1n) is 8.54. The van der Waals surface area contributed by atoms with Gasteiger partial charge in [-0.05, 0) is 48.0 Å². The number of nitrogens with one attached hydrogen (secondary N) is 1. The van der Waals surface area contributed by atoms with Crippen molar-refractivity contribution in [2.24, 2.45) is 0 Å². The van der Waals surface area contributed by atoms with Crippen LogP contribution in [0, 0.1) is 5.82 Å². The third-order valence-corrected chi connectivity index (χ3v) is 4.80. The molecule has 1 heterocycles. The number of carbonyl (C=O) groups excluding carboxylic acids is 1. The van der Waals surface area contributed by atoms with E-state index in [1.165, 1.54) is 29.5 Å². The Morgan fingerprint density at radius 1 is 1.00 bits per heavy atom. The molecule has 1 amide bonds. The normalized spacial score (nSPS) is 11.0. The molecule has 1 N–H and O–H groups in total. The summed E-state index contributed by atoms with van der Waals surface area (Å²) >= 11 is 1.37. The fraction of sp³-hybridized carbons (Fsp3) is 0. The summed E-state index contributed by atoms with van der Waals surface area (Å²) in [6.45, 7) is 0. The number of aromatic nitrogens is 1. The highest BCUT2D eigenvalue weighted by Crippen LogP contribution is 2.31. The van der Waals surface area contributed by atoms with E-state index in [1.807, 2.05) is 48.5 Å². The quantitative estimate of drug-likeness (QED) is 0.433. The number of ether oxygens (including phenoxy) is 1. The molecule has 0 bridgehead atoms. The highest BCUT2D eigenvalue weighted by molar-refractivity contribution is 7.22. The zero-order chi connectivity index (χ0) is 19.3. The Balaban J connectivity index is 1.45. The second kappa shape index (κ2) is 8.02. The Morgan fingerprint density at radius 3 is 2.57 bits per heavy atom. The molecule has 4 aromatic rings. The highest BCUT2D eigenvalue weighted by Gasteiger charge is 2.08. The van der Waals surface area contributed by atoms with Gasteiger partial charge in [0.25, 0.3) is 0 Å². The fourth-order valence-corrected chi connectivity index (χ4v) is 3.44. The number of amides is 1. The maximum absolute atomic E-state index is 12.9. The van der Waals surface area contributed by atoms with Crippen LogP contribution < -0.4 is 10.1 Å². The van der Waals surface area contributed by atoms with E-state index >= 15 is 0 Å². The van der Waals surface area contributed by atoms with E-state index in [-0.39, 0.29) is 11.7 Å². The highest BCUT2D eigenvalue weighted by atomic mass is 32.1. The molecule has 0 radical (unpaired) electrons. The number of hydrogen-bond acceptors (Lipinski definition) is 4. The Kier molecular flexibility index (Phi) is 5.12. The van der Waals surface area contributed by atoms with Crippen LogP contribution in [0.25, 0.3) is 16.3 Å². The maximum Gasteiger partial charge on any atom is 0.250 e. The molecule has 0 aliphatic rings. The number of rotatable bonds is 5. The average Bonchev–Trinajstić information content (AvgIpc) is 3.10. The standard InChI is InChI=1S/C22H15FN2O2S/c23-16-9-6-15(7-10-16)8-13-21(26)25-22-24-19-12-11-18(14-20(19)28-22)27-17-4-2-1-3-5-17/h1-14H,(H,24,25,26)/b13-8+. The van der Waals surface area contributed by atoms with Crippen molar-refractivity contribution in [2.75, 3.05) is 5.32 Å². The van der Waals surface area contributed by atoms with E-state index in [0.717, 1.165) is 21.5 Å². The summed E-state index contributed by atoms with van der Waals surface area (Å²) in [7, 11) is 0. The third kappa shape index (κ3) is 4.42. The number of nitrogens with zero attached hydrogens (tertiary/aromatic N) is 1. The molecular weight excluding hydrogens is 375 g/mol. The third-order valence-electron chi connectivity index (χ3n) is 3.87. The minimum absolute atomic E-state index is 0.302. The first kappa shape index (κ1) is 17.9. The van der Waals surface area contributed by atoms with Crippen LogP contribution in [-0.4, -0.2) is 10.9 Å². The van der Waals surface area contributed by atoms with E-state index in [2.05, 4.69) is 10.3 Å². The van der Waals surface area contributed by atoms with Crippen molar-refractivity contribution in [3.63, 3.8) is 0 Å². The van der Waals surface area contributed by atoms with Crippen LogP contribution in [0.2, 0.25) is 0 Å². The zero-order valence-electron chi connectivity index (χ0n) is 14.6. The largest absolute Gasteiger partial charge is 0.457 e. The number of halogens is 1. The minimum atomic E-state index is -0.313. The molecule has 0 saturated heterocycles. The van der Waals surface area contributed by atoms with Crippen molar-refractivity contribution < 1.29 is 13.9 Å². The minimum Gasteiger partial charge on any atom is -0.457 e. The summed E-state index contributed by atoms with van der Waals surface area (Å²) in [5.74, 6) is 0.845. The molecule has 28 heavy (non-hydrogen) atoms. The van der Waals surface area contributed by atoms with E-state index in [9.17, 15) is 9.18 Å². The van der Waals surface area contributed by atoms with Gasteiger partial charge in [0.2, 0.25) is 5.91 Å². The van der Waals surface area contributed by atoms with Gasteiger partial charge in [-0.2, -0.15) is 0 Å². The monoisotopic (exact) mass is 390 g/mol. The van der Waals surface area contributed by atoms with Crippen molar-refractivity contribution in [1.29, 1.82) is 0 Å². The van der Waals surface area contributed by atoms with Crippen molar-refractivity contribution >= 4 is 38.7 Å². The Bertz CT molecular complexity index is 1140. The first-order chi connectivity index (χ1) is 13.7. The SMILES string of the molecule is O=C(/C=C/c1ccc(F)cc1)Nc1nc2ccc(Oc3ccccc3)cc2s1. The molecule has 1 aromatic heterocycles. The van der Waals surface area contributed by atoms with Crippen LogP contribution in [0.15, 0.2) is 78.9 Å². The molecule has 0 fully saturated rings. The van der Waals surface area contributed by atoms with Crippen LogP contribution in [0.5, 0.6) is 11.5 Å². The first-order valence-corrected chi connectivity index (χ1v) is 9.35. The number of thiazole rings is 1. The van der Waals surface area contributed by atoms with Crippen molar-refractivity contribution in [1.82, 2.24) is 4.98 Å². The van der Waals surface area contributed by atoms with Crippen molar-refractivity contribution in [3.05, 3.63) is 90.3 Å². The number of carbonyl (C=O) groups is 1. The molecule has 0 atom stereocenters. The number of benzene rings is 3. The predicted molar refractivity (Wildman–Crippen MR) is 110 cm³/mol. The van der Waals surface area contributed by atoms with E-state index in [1.54, 1.807) is 18.2 Å². The summed E-state index contributed by atoms with van der Waals surface area (Å²) in [6, 6.07) is 21.0. The second-order valence-corrected chi connectivity index (χ2v) is 6.97. The lowest BCUT2D eigenvalue weighted by molar-refractivity contribution is -0.111. The molecule has 3 aromatic carbocycles. The lowest BCUT2D eigenvalue weighted by Crippen LogP contribution is -2.07. The van der Waals surface area contributed by atoms with Gasteiger partial charge < -0.3 is 4.74 Å². The molecule has 0 aliphatic carbocycles. The van der Waals surface area contributed by atoms with Gasteiger partial charge in [-0.15, -0.1) is 0 Å². The van der Waals surface area contributed by atoms with Gasteiger partial charge in [0.1, 0.15) is 17.3 Å². The lowest BCUT2D eigenvalue weighted by atomic mass is 10.2. The van der Waals surface area contributed by atoms with Gasteiger partial charge in [0.15, 0.2) is 5.13 Å². The van der Waals surface area contributed by atoms with Crippen LogP contribution in [0.4, 0.5) is 9.52 Å². The molecule has 0 spiro atoms. The number of para-hydroxylation sites is 1. The van der Waals surface area contributed by atoms with Gasteiger partial charge in [-0.1, -0.05) is 41.7 Å². The fourth-order valence-electron chi connectivity index (χ4n) is 2.54. The molecule has 138 valence electrons. The second-order valence-electron chi connectivity index (χ2n) is 5.94. The summed E-state index contributed by atoms with van der Waals surface area (Å²) < 4.78 is 19.6. The van der Waals surface area contributed by atoms with Gasteiger partial charge in [0.05, 0.1) is 10.2 Å². The molecule has 4 rings (SSSR count). The van der Waals surface area contributed by atoms with Crippen molar-refractivity contribution in [2.45, 2.75) is 0 Å². The number of hydrogen-bond donors (Lipinski definition) is 1. The van der Waals surface area contributed by atoms with Gasteiger partial charge in [-0.25, -0.2) is 9.37 Å². The topological polar surface area (TPSA) is 51.2 Å². The van der Waals surface area contributed by atoms with Crippen LogP contribution >= 0.6 is 11.3 Å². The van der Waals surface area contributed by atoms with Crippen LogP contribution in [0.1, 0.15) is 5.56 Å². The van der Waals surface area contributed by atoms with Gasteiger partial charge >= 0.3 is 0 Å². The zero-order valence-corrected chi connectivity index (χ0v) is 15.4. The van der Waals surface area contributed by atoms with E-state index in [0.29, 0.717) is 10.9 Å². The molecule has 6 heteroatoms. The number of fused-ring (bicyclic) bond motifs is 1. The van der Waals surface area contributed by atoms with E-state index < -0.39 is 0 Å². The Labute approximate surface area is 164 Å². The van der Waals surface area contributed by atoms with Crippen molar-refractivity contribution in [3.8, 4) is 11.5 Å². The average molecular weight is 390 g/mol. The lowest BCUT2D eigenvalue weighted by Gasteiger charge is -2.04. The summed E-state index contributed by atoms with van der Waals surface area (Å²) in [5, 5.41) is 3.25. The van der Waals surface area contributed by atoms with Gasteiger partial charge in [-0.3, -0.25) is 10.1 Å². The Morgan fingerprint density at radius 2 is 1.79 bits per heavy atom. The molecule has 0 aliphatic heterocycles. The van der Waals surface area contributed by atoms with Gasteiger partial charge in [0, 0.05) is 12.1 Å². The molecular formula is C22H15FN2O2S. The molecule has 0 unspecified atom stereocenters.